The number of Topliss-reactive ketones (excluding diaryl/α,β-unsaturated/α-hetero) is 2. The number of halogens is 1. The summed E-state index contributed by atoms with van der Waals surface area (Å²) in [5, 5.41) is 3.95. The smallest absolute Gasteiger partial charge is 0.197 e. The lowest BCUT2D eigenvalue weighted by molar-refractivity contribution is 0.0990. The first-order valence-corrected chi connectivity index (χ1v) is 14.8. The van der Waals surface area contributed by atoms with Gasteiger partial charge in [0, 0.05) is 22.2 Å². The van der Waals surface area contributed by atoms with E-state index in [0.717, 1.165) is 55.3 Å². The van der Waals surface area contributed by atoms with Gasteiger partial charge in [0.05, 0.1) is 16.9 Å². The van der Waals surface area contributed by atoms with Crippen LogP contribution in [-0.4, -0.2) is 11.6 Å². The Labute approximate surface area is 254 Å². The molecular weight excluding hydrogens is 545 g/mol. The quantitative estimate of drug-likeness (QED) is 0.153. The van der Waals surface area contributed by atoms with E-state index >= 15 is 0 Å². The molecular formula is C40H28FNO2. The van der Waals surface area contributed by atoms with Crippen molar-refractivity contribution in [3.63, 3.8) is 0 Å². The van der Waals surface area contributed by atoms with Crippen molar-refractivity contribution in [2.24, 2.45) is 0 Å². The molecule has 3 nitrogen and oxygen atoms in total. The normalized spacial score (nSPS) is 15.0. The van der Waals surface area contributed by atoms with Gasteiger partial charge in [-0.1, -0.05) is 80.6 Å². The van der Waals surface area contributed by atoms with Gasteiger partial charge < -0.3 is 4.90 Å². The largest absolute Gasteiger partial charge is 0.310 e. The highest BCUT2D eigenvalue weighted by molar-refractivity contribution is 6.42. The Morgan fingerprint density at radius 3 is 2.07 bits per heavy atom. The van der Waals surface area contributed by atoms with E-state index in [9.17, 15) is 14.0 Å². The first kappa shape index (κ1) is 26.3. The van der Waals surface area contributed by atoms with Gasteiger partial charge in [0.25, 0.3) is 0 Å². The Bertz CT molecular complexity index is 2220. The third-order valence-electron chi connectivity index (χ3n) is 9.30. The second-order valence-electron chi connectivity index (χ2n) is 12.3. The number of para-hydroxylation sites is 1. The van der Waals surface area contributed by atoms with Gasteiger partial charge in [0.15, 0.2) is 11.6 Å². The van der Waals surface area contributed by atoms with Gasteiger partial charge in [0.2, 0.25) is 0 Å². The molecule has 0 unspecified atom stereocenters. The van der Waals surface area contributed by atoms with E-state index in [4.69, 9.17) is 0 Å². The highest BCUT2D eigenvalue weighted by atomic mass is 19.1. The van der Waals surface area contributed by atoms with Crippen LogP contribution in [0.1, 0.15) is 56.8 Å². The first-order chi connectivity index (χ1) is 21.2. The van der Waals surface area contributed by atoms with E-state index in [2.05, 4.69) is 49.1 Å². The summed E-state index contributed by atoms with van der Waals surface area (Å²) >= 11 is 0. The lowest BCUT2D eigenvalue weighted by Gasteiger charge is -2.42. The summed E-state index contributed by atoms with van der Waals surface area (Å²) in [7, 11) is 0. The molecule has 212 valence electrons. The van der Waals surface area contributed by atoms with Crippen LogP contribution in [0.25, 0.3) is 27.6 Å². The Morgan fingerprint density at radius 2 is 1.36 bits per heavy atom. The number of allylic oxidation sites excluding steroid dienone is 1. The highest BCUT2D eigenvalue weighted by Crippen LogP contribution is 2.54. The molecule has 0 fully saturated rings. The lowest BCUT2D eigenvalue weighted by Crippen LogP contribution is -2.31. The number of nitrogens with zero attached hydrogens (tertiary/aromatic N) is 1. The molecule has 8 rings (SSSR count). The van der Waals surface area contributed by atoms with E-state index in [1.165, 1.54) is 0 Å². The molecule has 0 bridgehead atoms. The number of anilines is 3. The van der Waals surface area contributed by atoms with Gasteiger partial charge in [-0.3, -0.25) is 9.59 Å². The molecule has 2 aliphatic rings. The topological polar surface area (TPSA) is 37.4 Å². The van der Waals surface area contributed by atoms with Crippen LogP contribution in [0.4, 0.5) is 21.5 Å². The van der Waals surface area contributed by atoms with Crippen molar-refractivity contribution in [1.82, 2.24) is 0 Å². The van der Waals surface area contributed by atoms with E-state index in [-0.39, 0.29) is 28.4 Å². The second-order valence-corrected chi connectivity index (χ2v) is 12.3. The maximum absolute atomic E-state index is 14.8. The molecule has 6 aromatic rings. The van der Waals surface area contributed by atoms with Gasteiger partial charge in [0.1, 0.15) is 5.82 Å². The van der Waals surface area contributed by atoms with Crippen LogP contribution in [0, 0.1) is 12.7 Å². The second kappa shape index (κ2) is 9.32. The Morgan fingerprint density at radius 1 is 0.682 bits per heavy atom. The van der Waals surface area contributed by atoms with Crippen LogP contribution >= 0.6 is 0 Å². The van der Waals surface area contributed by atoms with Crippen LogP contribution in [-0.2, 0) is 5.41 Å². The Balaban J connectivity index is 1.27. The molecule has 1 aliphatic carbocycles. The Kier molecular flexibility index (Phi) is 5.57. The summed E-state index contributed by atoms with van der Waals surface area (Å²) in [6.07, 6.45) is 1.72. The highest BCUT2D eigenvalue weighted by Gasteiger charge is 2.38. The molecule has 0 spiro atoms. The van der Waals surface area contributed by atoms with Gasteiger partial charge >= 0.3 is 0 Å². The van der Waals surface area contributed by atoms with Crippen LogP contribution in [0.5, 0.6) is 0 Å². The molecule has 1 heterocycles. The van der Waals surface area contributed by atoms with Crippen molar-refractivity contribution in [2.45, 2.75) is 26.2 Å². The van der Waals surface area contributed by atoms with Gasteiger partial charge in [-0.15, -0.1) is 0 Å². The summed E-state index contributed by atoms with van der Waals surface area (Å²) < 4.78 is 14.8. The van der Waals surface area contributed by atoms with Crippen LogP contribution in [0.15, 0.2) is 115 Å². The fourth-order valence-corrected chi connectivity index (χ4v) is 7.04. The molecule has 0 radical (unpaired) electrons. The molecule has 0 amide bonds. The fraction of sp³-hybridized carbons (Fsp3) is 0.100. The fourth-order valence-electron chi connectivity index (χ4n) is 7.04. The van der Waals surface area contributed by atoms with E-state index in [1.54, 1.807) is 19.1 Å². The molecule has 6 aromatic carbocycles. The van der Waals surface area contributed by atoms with Crippen molar-refractivity contribution >= 4 is 56.2 Å². The number of hydrogen-bond acceptors (Lipinski definition) is 3. The third-order valence-corrected chi connectivity index (χ3v) is 9.30. The molecule has 0 atom stereocenters. The zero-order chi connectivity index (χ0) is 30.3. The van der Waals surface area contributed by atoms with Crippen molar-refractivity contribution < 1.29 is 14.0 Å². The van der Waals surface area contributed by atoms with E-state index in [0.29, 0.717) is 16.7 Å². The molecule has 0 saturated carbocycles. The number of ketones is 2. The zero-order valence-corrected chi connectivity index (χ0v) is 24.6. The number of carbonyl (C=O) groups is 2. The van der Waals surface area contributed by atoms with Crippen LogP contribution in [0.3, 0.4) is 0 Å². The van der Waals surface area contributed by atoms with Crippen LogP contribution < -0.4 is 4.90 Å². The average molecular weight is 574 g/mol. The van der Waals surface area contributed by atoms with Crippen molar-refractivity contribution in [3.05, 3.63) is 154 Å². The molecule has 0 aromatic heterocycles. The molecule has 0 N–H and O–H groups in total. The van der Waals surface area contributed by atoms with Crippen molar-refractivity contribution in [3.8, 4) is 0 Å². The first-order valence-electron chi connectivity index (χ1n) is 14.8. The zero-order valence-electron chi connectivity index (χ0n) is 24.6. The van der Waals surface area contributed by atoms with Gasteiger partial charge in [-0.2, -0.15) is 0 Å². The maximum Gasteiger partial charge on any atom is 0.197 e. The summed E-state index contributed by atoms with van der Waals surface area (Å²) in [4.78, 5) is 29.0. The molecule has 44 heavy (non-hydrogen) atoms. The minimum Gasteiger partial charge on any atom is -0.310 e. The van der Waals surface area contributed by atoms with Gasteiger partial charge in [-0.05, 0) is 99.3 Å². The monoisotopic (exact) mass is 573 g/mol. The summed E-state index contributed by atoms with van der Waals surface area (Å²) in [5.41, 5.74) is 7.25. The number of carbonyl (C=O) groups excluding carboxylic acids is 2. The molecule has 4 heteroatoms. The summed E-state index contributed by atoms with van der Waals surface area (Å²) in [5.74, 6) is -0.712. The minimum atomic E-state index is -0.341. The minimum absolute atomic E-state index is 0.189. The molecule has 0 saturated heterocycles. The SMILES string of the molecule is Cc1ccc(N2c3ccccc3C(C)(C)c3c2ccc2cc(C=C4C(=O)c5cc6ccccc6cc5C4=O)ccc32)cc1F. The number of fused-ring (bicyclic) bond motifs is 6. The third kappa shape index (κ3) is 3.74. The predicted octanol–water partition coefficient (Wildman–Crippen LogP) is 10.0. The maximum atomic E-state index is 14.8. The number of benzene rings is 6. The number of aryl methyl sites for hydroxylation is 1. The van der Waals surface area contributed by atoms with Gasteiger partial charge in [-0.25, -0.2) is 4.39 Å². The average Bonchev–Trinajstić information content (AvgIpc) is 3.25. The van der Waals surface area contributed by atoms with E-state index < -0.39 is 0 Å². The van der Waals surface area contributed by atoms with Crippen molar-refractivity contribution in [2.75, 3.05) is 4.90 Å². The standard InChI is InChI=1S/C40H28FNO2/c1-23-12-15-28(22-34(23)41)42-35-11-7-6-10-33(35)40(2,3)37-29-16-13-24(18-27(29)14-17-36(37)42)19-32-38(43)30-20-25-8-4-5-9-26(25)21-31(30)39(32)44/h4-22H,1-3H3. The van der Waals surface area contributed by atoms with Crippen molar-refractivity contribution in [1.29, 1.82) is 0 Å². The summed E-state index contributed by atoms with van der Waals surface area (Å²) in [6.45, 7) is 6.22. The lowest BCUT2D eigenvalue weighted by atomic mass is 9.71. The summed E-state index contributed by atoms with van der Waals surface area (Å²) in [6, 6.07) is 35.4. The number of hydrogen-bond donors (Lipinski definition) is 0. The van der Waals surface area contributed by atoms with E-state index in [1.807, 2.05) is 72.8 Å². The predicted molar refractivity (Wildman–Crippen MR) is 176 cm³/mol. The molecule has 1 aliphatic heterocycles. The Hall–Kier alpha value is -5.35. The number of rotatable bonds is 2. The van der Waals surface area contributed by atoms with Crippen LogP contribution in [0.2, 0.25) is 0 Å².